The Labute approximate surface area is 306 Å². The molecule has 252 valence electrons. The van der Waals surface area contributed by atoms with Crippen LogP contribution in [0.2, 0.25) is 0 Å². The van der Waals surface area contributed by atoms with Crippen LogP contribution in [0, 0.1) is 89.0 Å². The van der Waals surface area contributed by atoms with Crippen molar-refractivity contribution in [1.29, 1.82) is 0 Å². The van der Waals surface area contributed by atoms with Gasteiger partial charge < -0.3 is 0 Å². The molecule has 1 aliphatic carbocycles. The molecular formula is C46H54Ge2O. The van der Waals surface area contributed by atoms with E-state index in [4.69, 9.17) is 3.76 Å². The third-order valence-corrected chi connectivity index (χ3v) is 25.9. The first-order valence-electron chi connectivity index (χ1n) is 18.0. The van der Waals surface area contributed by atoms with Crippen LogP contribution < -0.4 is 17.6 Å². The van der Waals surface area contributed by atoms with E-state index < -0.39 is 29.0 Å². The SMILES string of the molecule is Cc1cc(C)[c]([Ge]([O][C@@H]([C@@H]2C[C@H]2c2ccccc2)[Ge]([c]2c(C)cc(C)cc2C)[c]2c(C)cc(C)cc2C)[c]2c(C)cc(C)cc2C)c(C)c1. The van der Waals surface area contributed by atoms with Crippen molar-refractivity contribution in [3.05, 3.63) is 151 Å². The summed E-state index contributed by atoms with van der Waals surface area (Å²) in [6.45, 7) is 27.8. The van der Waals surface area contributed by atoms with Gasteiger partial charge in [0.25, 0.3) is 0 Å². The number of aryl methyl sites for hydroxylation is 12. The van der Waals surface area contributed by atoms with Gasteiger partial charge in [-0.05, 0) is 0 Å². The Bertz CT molecular complexity index is 1820. The normalized spacial score (nSPS) is 16.4. The molecule has 3 atom stereocenters. The zero-order valence-electron chi connectivity index (χ0n) is 31.9. The Balaban J connectivity index is 1.65. The molecule has 0 bridgehead atoms. The molecule has 2 radical (unpaired) electrons. The minimum atomic E-state index is -2.60. The van der Waals surface area contributed by atoms with Crippen LogP contribution in [-0.4, -0.2) is 34.0 Å². The maximum absolute atomic E-state index is 8.29. The summed E-state index contributed by atoms with van der Waals surface area (Å²) >= 11 is -5.01. The summed E-state index contributed by atoms with van der Waals surface area (Å²) in [4.78, 5) is 0.195. The van der Waals surface area contributed by atoms with Crippen LogP contribution >= 0.6 is 0 Å². The third-order valence-electron chi connectivity index (χ3n) is 10.7. The molecule has 5 aromatic carbocycles. The van der Waals surface area contributed by atoms with Crippen LogP contribution in [0.25, 0.3) is 0 Å². The summed E-state index contributed by atoms with van der Waals surface area (Å²) in [6, 6.07) is 30.6. The Morgan fingerprint density at radius 1 is 0.469 bits per heavy atom. The van der Waals surface area contributed by atoms with Gasteiger partial charge in [0.2, 0.25) is 0 Å². The second kappa shape index (κ2) is 14.4. The average molecular weight is 768 g/mol. The summed E-state index contributed by atoms with van der Waals surface area (Å²) in [7, 11) is 0. The molecular weight excluding hydrogens is 714 g/mol. The molecule has 0 aromatic heterocycles. The van der Waals surface area contributed by atoms with Gasteiger partial charge in [0.05, 0.1) is 0 Å². The Hall–Kier alpha value is -2.85. The van der Waals surface area contributed by atoms with Crippen molar-refractivity contribution in [3.63, 3.8) is 0 Å². The van der Waals surface area contributed by atoms with Gasteiger partial charge in [-0.1, -0.05) is 0 Å². The molecule has 0 saturated heterocycles. The molecule has 1 aliphatic rings. The van der Waals surface area contributed by atoms with Crippen molar-refractivity contribution in [2.24, 2.45) is 5.92 Å². The van der Waals surface area contributed by atoms with Gasteiger partial charge in [0.1, 0.15) is 0 Å². The Morgan fingerprint density at radius 2 is 0.796 bits per heavy atom. The molecule has 0 amide bonds. The summed E-state index contributed by atoms with van der Waals surface area (Å²) in [5.74, 6) is 1.03. The topological polar surface area (TPSA) is 9.23 Å². The first kappa shape index (κ1) is 36.0. The molecule has 1 saturated carbocycles. The quantitative estimate of drug-likeness (QED) is 0.137. The van der Waals surface area contributed by atoms with Crippen molar-refractivity contribution < 1.29 is 3.76 Å². The number of benzene rings is 5. The van der Waals surface area contributed by atoms with Gasteiger partial charge in [0, 0.05) is 0 Å². The maximum atomic E-state index is 8.29. The minimum absolute atomic E-state index is 0.195. The predicted octanol–water partition coefficient (Wildman–Crippen LogP) is 8.53. The van der Waals surface area contributed by atoms with E-state index in [1.807, 2.05) is 0 Å². The predicted molar refractivity (Wildman–Crippen MR) is 215 cm³/mol. The first-order chi connectivity index (χ1) is 23.2. The molecule has 0 spiro atoms. The monoisotopic (exact) mass is 770 g/mol. The van der Waals surface area contributed by atoms with Crippen LogP contribution in [0.1, 0.15) is 84.7 Å². The van der Waals surface area contributed by atoms with Crippen molar-refractivity contribution in [2.45, 2.75) is 100 Å². The van der Waals surface area contributed by atoms with E-state index in [0.29, 0.717) is 11.8 Å². The van der Waals surface area contributed by atoms with E-state index in [-0.39, 0.29) is 4.94 Å². The molecule has 0 aliphatic heterocycles. The third kappa shape index (κ3) is 7.32. The molecule has 1 nitrogen and oxygen atoms in total. The van der Waals surface area contributed by atoms with Gasteiger partial charge in [-0.15, -0.1) is 0 Å². The zero-order chi connectivity index (χ0) is 35.3. The van der Waals surface area contributed by atoms with Gasteiger partial charge >= 0.3 is 308 Å². The number of hydrogen-bond donors (Lipinski definition) is 0. The van der Waals surface area contributed by atoms with Gasteiger partial charge in [-0.2, -0.15) is 0 Å². The summed E-state index contributed by atoms with van der Waals surface area (Å²) in [6.07, 6.45) is 1.20. The fraction of sp³-hybridized carbons (Fsp3) is 0.348. The first-order valence-corrected chi connectivity index (χ1v) is 24.3. The van der Waals surface area contributed by atoms with Gasteiger partial charge in [-0.25, -0.2) is 0 Å². The Kier molecular flexibility index (Phi) is 10.6. The molecule has 5 aromatic rings. The van der Waals surface area contributed by atoms with E-state index in [1.165, 1.54) is 87.5 Å². The summed E-state index contributed by atoms with van der Waals surface area (Å²) in [5, 5.41) is 0. The Morgan fingerprint density at radius 3 is 1.14 bits per heavy atom. The van der Waals surface area contributed by atoms with E-state index in [2.05, 4.69) is 162 Å². The molecule has 0 unspecified atom stereocenters. The molecule has 3 heteroatoms. The molecule has 1 fully saturated rings. The fourth-order valence-corrected chi connectivity index (χ4v) is 25.0. The molecule has 49 heavy (non-hydrogen) atoms. The van der Waals surface area contributed by atoms with Gasteiger partial charge in [0.15, 0.2) is 0 Å². The van der Waals surface area contributed by atoms with Crippen LogP contribution in [0.3, 0.4) is 0 Å². The van der Waals surface area contributed by atoms with Crippen molar-refractivity contribution >= 4 is 46.6 Å². The number of rotatable bonds is 9. The van der Waals surface area contributed by atoms with Crippen LogP contribution in [0.4, 0.5) is 0 Å². The van der Waals surface area contributed by atoms with E-state index >= 15 is 0 Å². The molecule has 0 heterocycles. The molecule has 6 rings (SSSR count). The zero-order valence-corrected chi connectivity index (χ0v) is 36.0. The second-order valence-corrected chi connectivity index (χ2v) is 24.3. The van der Waals surface area contributed by atoms with Crippen molar-refractivity contribution in [1.82, 2.24) is 0 Å². The van der Waals surface area contributed by atoms with Crippen LogP contribution in [0.5, 0.6) is 0 Å². The average Bonchev–Trinajstić information content (AvgIpc) is 3.78. The second-order valence-electron chi connectivity index (χ2n) is 15.3. The summed E-state index contributed by atoms with van der Waals surface area (Å²) in [5.41, 5.74) is 18.2. The fourth-order valence-electron chi connectivity index (χ4n) is 9.06. The van der Waals surface area contributed by atoms with Crippen molar-refractivity contribution in [3.8, 4) is 0 Å². The summed E-state index contributed by atoms with van der Waals surface area (Å²) < 4.78 is 14.6. The van der Waals surface area contributed by atoms with Crippen molar-refractivity contribution in [2.75, 3.05) is 0 Å². The van der Waals surface area contributed by atoms with Crippen LogP contribution in [-0.2, 0) is 3.76 Å². The van der Waals surface area contributed by atoms with E-state index in [9.17, 15) is 0 Å². The number of hydrogen-bond acceptors (Lipinski definition) is 1. The van der Waals surface area contributed by atoms with Gasteiger partial charge in [-0.3, -0.25) is 0 Å². The van der Waals surface area contributed by atoms with E-state index in [0.717, 1.165) is 0 Å². The van der Waals surface area contributed by atoms with Crippen LogP contribution in [0.15, 0.2) is 78.9 Å². The standard InChI is InChI=1S/C46H54Ge2O/c1-27-18-31(5)42(32(6)19-27)47(43-33(7)20-28(2)21-34(43)8)46(41-26-40(41)39-16-14-13-15-17-39)49-48(44-35(9)22-29(3)23-36(44)10)45-37(11)24-30(4)25-38(45)12/h13-25,40-41,46H,26H2,1-12H3/t40-,41+,46-/m0/s1. The van der Waals surface area contributed by atoms with E-state index in [1.54, 1.807) is 8.79 Å². The molecule has 0 N–H and O–H groups in total.